The maximum absolute atomic E-state index is 13.3. The molecule has 0 spiro atoms. The van der Waals surface area contributed by atoms with Crippen molar-refractivity contribution in [1.29, 1.82) is 0 Å². The van der Waals surface area contributed by atoms with E-state index in [1.165, 1.54) is 46.2 Å². The fraction of sp³-hybridized carbons (Fsp3) is 0.0952. The molecular weight excluding hydrogens is 428 g/mol. The van der Waals surface area contributed by atoms with Crippen LogP contribution in [0.5, 0.6) is 0 Å². The summed E-state index contributed by atoms with van der Waals surface area (Å²) in [7, 11) is 0. The average molecular weight is 444 g/mol. The second-order valence-electron chi connectivity index (χ2n) is 6.39. The first-order chi connectivity index (χ1) is 14.5. The molecule has 0 aliphatic heterocycles. The van der Waals surface area contributed by atoms with Gasteiger partial charge in [-0.2, -0.15) is 0 Å². The summed E-state index contributed by atoms with van der Waals surface area (Å²) in [6.45, 7) is 0.202. The average Bonchev–Trinajstić information content (AvgIpc) is 3.19. The fourth-order valence-electron chi connectivity index (χ4n) is 2.84. The number of aromatic nitrogens is 2. The van der Waals surface area contributed by atoms with E-state index < -0.39 is 5.82 Å². The number of nitrogens with zero attached hydrogens (tertiary/aromatic N) is 2. The molecule has 0 aliphatic rings. The molecule has 1 N–H and O–H groups in total. The smallest absolute Gasteiger partial charge is 0.272 e. The normalized spacial score (nSPS) is 11.0. The van der Waals surface area contributed by atoms with E-state index in [1.807, 2.05) is 0 Å². The molecule has 4 rings (SSSR count). The summed E-state index contributed by atoms with van der Waals surface area (Å²) in [4.78, 5) is 29.8. The van der Waals surface area contributed by atoms with Gasteiger partial charge in [-0.05, 0) is 47.3 Å². The van der Waals surface area contributed by atoms with Crippen LogP contribution < -0.4 is 10.9 Å². The third-order valence-electron chi connectivity index (χ3n) is 4.23. The third kappa shape index (κ3) is 4.58. The van der Waals surface area contributed by atoms with Crippen molar-refractivity contribution in [2.24, 2.45) is 0 Å². The van der Waals surface area contributed by atoms with Crippen LogP contribution in [0.1, 0.15) is 5.56 Å². The Bertz CT molecular complexity index is 1270. The summed E-state index contributed by atoms with van der Waals surface area (Å²) in [6.07, 6.45) is 0. The van der Waals surface area contributed by atoms with Crippen LogP contribution in [0.15, 0.2) is 69.9 Å². The van der Waals surface area contributed by atoms with Crippen LogP contribution in [0.2, 0.25) is 0 Å². The van der Waals surface area contributed by atoms with E-state index in [9.17, 15) is 18.4 Å². The molecule has 0 aliphatic carbocycles. The van der Waals surface area contributed by atoms with Gasteiger partial charge in [-0.1, -0.05) is 30.0 Å². The highest BCUT2D eigenvalue weighted by Gasteiger charge is 2.15. The Morgan fingerprint density at radius 3 is 2.67 bits per heavy atom. The molecule has 30 heavy (non-hydrogen) atoms. The van der Waals surface area contributed by atoms with Gasteiger partial charge in [0.25, 0.3) is 5.56 Å². The maximum Gasteiger partial charge on any atom is 0.272 e. The molecule has 0 saturated heterocycles. The Hall–Kier alpha value is -3.04. The number of fused-ring (bicyclic) bond motifs is 1. The maximum atomic E-state index is 13.3. The first kappa shape index (κ1) is 20.2. The number of benzene rings is 2. The summed E-state index contributed by atoms with van der Waals surface area (Å²) < 4.78 is 28.5. The molecule has 0 atom stereocenters. The van der Waals surface area contributed by atoms with Crippen LogP contribution in [-0.4, -0.2) is 21.2 Å². The van der Waals surface area contributed by atoms with Gasteiger partial charge in [0.05, 0.1) is 17.8 Å². The number of nitrogens with one attached hydrogen (secondary N) is 1. The van der Waals surface area contributed by atoms with E-state index in [1.54, 1.807) is 29.6 Å². The van der Waals surface area contributed by atoms with Crippen molar-refractivity contribution in [1.82, 2.24) is 9.55 Å². The Morgan fingerprint density at radius 1 is 1.10 bits per heavy atom. The lowest BCUT2D eigenvalue weighted by Crippen LogP contribution is -2.24. The number of halogens is 2. The van der Waals surface area contributed by atoms with Gasteiger partial charge < -0.3 is 5.32 Å². The van der Waals surface area contributed by atoms with Crippen molar-refractivity contribution >= 4 is 44.9 Å². The van der Waals surface area contributed by atoms with Gasteiger partial charge >= 0.3 is 0 Å². The summed E-state index contributed by atoms with van der Waals surface area (Å²) in [6, 6.07) is 13.2. The molecule has 2 heterocycles. The SMILES string of the molecule is O=C(CSc1nc2ccsc2c(=O)n1Cc1ccc(F)cc1)Nc1cccc(F)c1. The Labute approximate surface area is 178 Å². The number of carbonyl (C=O) groups excluding carboxylic acids is 1. The minimum absolute atomic E-state index is 0.0119. The fourth-order valence-corrected chi connectivity index (χ4v) is 4.42. The minimum atomic E-state index is -0.446. The minimum Gasteiger partial charge on any atom is -0.325 e. The molecule has 5 nitrogen and oxygen atoms in total. The van der Waals surface area contributed by atoms with Crippen molar-refractivity contribution in [3.8, 4) is 0 Å². The largest absolute Gasteiger partial charge is 0.325 e. The number of hydrogen-bond acceptors (Lipinski definition) is 5. The van der Waals surface area contributed by atoms with Crippen LogP contribution in [0.4, 0.5) is 14.5 Å². The number of hydrogen-bond donors (Lipinski definition) is 1. The van der Waals surface area contributed by atoms with Gasteiger partial charge in [-0.15, -0.1) is 11.3 Å². The Kier molecular flexibility index (Phi) is 5.91. The standard InChI is InChI=1S/C21H15F2N3O2S2/c22-14-6-4-13(5-7-14)11-26-20(28)19-17(8-9-29-19)25-21(26)30-12-18(27)24-16-3-1-2-15(23)10-16/h1-10H,11-12H2,(H,24,27). The van der Waals surface area contributed by atoms with E-state index in [0.29, 0.717) is 21.1 Å². The summed E-state index contributed by atoms with van der Waals surface area (Å²) >= 11 is 2.41. The quantitative estimate of drug-likeness (QED) is 0.352. The van der Waals surface area contributed by atoms with E-state index in [4.69, 9.17) is 0 Å². The molecule has 0 bridgehead atoms. The van der Waals surface area contributed by atoms with Crippen molar-refractivity contribution in [2.45, 2.75) is 11.7 Å². The first-order valence-corrected chi connectivity index (χ1v) is 10.8. The van der Waals surface area contributed by atoms with Crippen LogP contribution in [0.25, 0.3) is 10.2 Å². The van der Waals surface area contributed by atoms with Crippen LogP contribution in [0, 0.1) is 11.6 Å². The van der Waals surface area contributed by atoms with E-state index >= 15 is 0 Å². The van der Waals surface area contributed by atoms with Gasteiger partial charge in [0.2, 0.25) is 5.91 Å². The molecule has 9 heteroatoms. The van der Waals surface area contributed by atoms with Gasteiger partial charge in [-0.3, -0.25) is 14.2 Å². The predicted molar refractivity (Wildman–Crippen MR) is 115 cm³/mol. The lowest BCUT2D eigenvalue weighted by Gasteiger charge is -2.12. The van der Waals surface area contributed by atoms with E-state index in [0.717, 1.165) is 17.3 Å². The van der Waals surface area contributed by atoms with Crippen molar-refractivity contribution in [3.05, 3.63) is 87.5 Å². The van der Waals surface area contributed by atoms with Gasteiger partial charge in [-0.25, -0.2) is 13.8 Å². The monoisotopic (exact) mass is 443 g/mol. The highest BCUT2D eigenvalue weighted by Crippen LogP contribution is 2.22. The summed E-state index contributed by atoms with van der Waals surface area (Å²) in [5.41, 5.74) is 1.44. The number of carbonyl (C=O) groups is 1. The van der Waals surface area contributed by atoms with Crippen molar-refractivity contribution < 1.29 is 13.6 Å². The van der Waals surface area contributed by atoms with Crippen molar-refractivity contribution in [2.75, 3.05) is 11.1 Å². The highest BCUT2D eigenvalue weighted by atomic mass is 32.2. The number of thioether (sulfide) groups is 1. The zero-order chi connectivity index (χ0) is 21.1. The second-order valence-corrected chi connectivity index (χ2v) is 8.25. The number of anilines is 1. The van der Waals surface area contributed by atoms with Gasteiger partial charge in [0, 0.05) is 5.69 Å². The number of amides is 1. The summed E-state index contributed by atoms with van der Waals surface area (Å²) in [5.74, 6) is -1.17. The van der Waals surface area contributed by atoms with Gasteiger partial charge in [0.15, 0.2) is 5.16 Å². The lowest BCUT2D eigenvalue weighted by atomic mass is 10.2. The third-order valence-corrected chi connectivity index (χ3v) is 6.09. The molecule has 0 saturated carbocycles. The molecule has 0 fully saturated rings. The van der Waals surface area contributed by atoms with E-state index in [-0.39, 0.29) is 29.6 Å². The zero-order valence-electron chi connectivity index (χ0n) is 15.5. The van der Waals surface area contributed by atoms with E-state index in [2.05, 4.69) is 10.3 Å². The van der Waals surface area contributed by atoms with Crippen molar-refractivity contribution in [3.63, 3.8) is 0 Å². The molecule has 2 aromatic carbocycles. The summed E-state index contributed by atoms with van der Waals surface area (Å²) in [5, 5.41) is 4.78. The second kappa shape index (κ2) is 8.76. The number of thiophene rings is 1. The molecule has 4 aromatic rings. The highest BCUT2D eigenvalue weighted by molar-refractivity contribution is 7.99. The molecule has 0 radical (unpaired) electrons. The van der Waals surface area contributed by atoms with Crippen LogP contribution >= 0.6 is 23.1 Å². The first-order valence-electron chi connectivity index (χ1n) is 8.90. The van der Waals surface area contributed by atoms with Crippen LogP contribution in [0.3, 0.4) is 0 Å². The molecular formula is C21H15F2N3O2S2. The van der Waals surface area contributed by atoms with Crippen LogP contribution in [-0.2, 0) is 11.3 Å². The van der Waals surface area contributed by atoms with Gasteiger partial charge in [0.1, 0.15) is 16.3 Å². The predicted octanol–water partition coefficient (Wildman–Crippen LogP) is 4.52. The zero-order valence-corrected chi connectivity index (χ0v) is 17.1. The lowest BCUT2D eigenvalue weighted by molar-refractivity contribution is -0.113. The Morgan fingerprint density at radius 2 is 1.90 bits per heavy atom. The molecule has 1 amide bonds. The molecule has 152 valence electrons. The Balaban J connectivity index is 1.58. The number of rotatable bonds is 6. The topological polar surface area (TPSA) is 64.0 Å². The molecule has 0 unspecified atom stereocenters. The molecule has 2 aromatic heterocycles.